The van der Waals surface area contributed by atoms with Gasteiger partial charge < -0.3 is 14.9 Å². The lowest BCUT2D eigenvalue weighted by molar-refractivity contribution is -0.153. The van der Waals surface area contributed by atoms with Crippen molar-refractivity contribution in [2.45, 2.75) is 19.3 Å². The lowest BCUT2D eigenvalue weighted by Crippen LogP contribution is -2.48. The molecule has 120 valence electrons. The Morgan fingerprint density at radius 1 is 1.26 bits per heavy atom. The number of aromatic nitrogens is 1. The molecule has 1 aromatic heterocycles. The first-order valence-corrected chi connectivity index (χ1v) is 7.39. The number of hydrogen-bond acceptors (Lipinski definition) is 4. The Hall–Kier alpha value is -2.83. The number of urea groups is 1. The molecule has 7 heteroatoms. The van der Waals surface area contributed by atoms with Gasteiger partial charge in [0.1, 0.15) is 0 Å². The van der Waals surface area contributed by atoms with E-state index in [2.05, 4.69) is 15.8 Å². The third-order valence-corrected chi connectivity index (χ3v) is 4.16. The minimum atomic E-state index is -0.864. The Morgan fingerprint density at radius 2 is 2.00 bits per heavy atom. The molecule has 0 saturated heterocycles. The van der Waals surface area contributed by atoms with Gasteiger partial charge in [0.25, 0.3) is 0 Å². The van der Waals surface area contributed by atoms with E-state index in [-0.39, 0.29) is 12.4 Å². The molecule has 0 bridgehead atoms. The van der Waals surface area contributed by atoms with Gasteiger partial charge in [-0.3, -0.25) is 10.1 Å². The predicted molar refractivity (Wildman–Crippen MR) is 82.9 cm³/mol. The molecule has 0 atom stereocenters. The van der Waals surface area contributed by atoms with Crippen molar-refractivity contribution in [1.82, 2.24) is 10.5 Å². The van der Waals surface area contributed by atoms with Crippen LogP contribution in [0.15, 0.2) is 40.9 Å². The molecule has 2 amide bonds. The zero-order valence-electron chi connectivity index (χ0n) is 12.4. The summed E-state index contributed by atoms with van der Waals surface area (Å²) in [6.45, 7) is 0.109. The number of nitrogens with one attached hydrogen (secondary N) is 2. The first-order valence-electron chi connectivity index (χ1n) is 7.39. The highest BCUT2D eigenvalue weighted by molar-refractivity contribution is 5.89. The van der Waals surface area contributed by atoms with Crippen LogP contribution in [0.5, 0.6) is 0 Å². The third-order valence-electron chi connectivity index (χ3n) is 4.16. The van der Waals surface area contributed by atoms with Crippen molar-refractivity contribution in [2.24, 2.45) is 5.41 Å². The zero-order chi connectivity index (χ0) is 16.3. The van der Waals surface area contributed by atoms with E-state index in [0.717, 1.165) is 12.0 Å². The summed E-state index contributed by atoms with van der Waals surface area (Å²) in [6, 6.07) is 10.5. The average molecular weight is 315 g/mol. The van der Waals surface area contributed by atoms with Gasteiger partial charge in [-0.25, -0.2) is 4.79 Å². The average Bonchev–Trinajstić information content (AvgIpc) is 2.95. The van der Waals surface area contributed by atoms with Gasteiger partial charge in [0, 0.05) is 18.2 Å². The molecular weight excluding hydrogens is 298 g/mol. The van der Waals surface area contributed by atoms with E-state index < -0.39 is 17.4 Å². The number of benzene rings is 1. The number of nitrogens with zero attached hydrogens (tertiary/aromatic N) is 1. The molecule has 1 fully saturated rings. The van der Waals surface area contributed by atoms with Crippen molar-refractivity contribution < 1.29 is 19.2 Å². The van der Waals surface area contributed by atoms with Crippen LogP contribution in [0.1, 0.15) is 19.3 Å². The molecular formula is C16H17N3O4. The van der Waals surface area contributed by atoms with Crippen molar-refractivity contribution >= 4 is 17.8 Å². The molecule has 2 aromatic rings. The number of carbonyl (C=O) groups excluding carboxylic acids is 1. The molecule has 1 saturated carbocycles. The Balaban J connectivity index is 1.56. The van der Waals surface area contributed by atoms with Crippen LogP contribution in [0.3, 0.4) is 0 Å². The Labute approximate surface area is 132 Å². The number of rotatable bonds is 5. The van der Waals surface area contributed by atoms with Crippen molar-refractivity contribution in [3.63, 3.8) is 0 Å². The SMILES string of the molecule is O=C(NCC1(C(=O)O)CCC1)Nc1cc(-c2ccccc2)on1. The smallest absolute Gasteiger partial charge is 0.320 e. The molecule has 1 heterocycles. The fourth-order valence-corrected chi connectivity index (χ4v) is 2.55. The summed E-state index contributed by atoms with van der Waals surface area (Å²) in [5.41, 5.74) is 0.0314. The fraction of sp³-hybridized carbons (Fsp3) is 0.312. The van der Waals surface area contributed by atoms with Crippen LogP contribution in [0, 0.1) is 5.41 Å². The molecule has 1 aromatic carbocycles. The van der Waals surface area contributed by atoms with E-state index in [1.165, 1.54) is 0 Å². The standard InChI is InChI=1S/C16H17N3O4/c20-14(21)16(7-4-8-16)10-17-15(22)18-13-9-12(23-19-13)11-5-2-1-3-6-11/h1-3,5-6,9H,4,7-8,10H2,(H,20,21)(H2,17,18,19,22). The van der Waals surface area contributed by atoms with E-state index in [1.807, 2.05) is 30.3 Å². The summed E-state index contributed by atoms with van der Waals surface area (Å²) in [5.74, 6) is -0.0434. The maximum absolute atomic E-state index is 11.9. The van der Waals surface area contributed by atoms with Gasteiger partial charge >= 0.3 is 12.0 Å². The van der Waals surface area contributed by atoms with E-state index >= 15 is 0 Å². The number of amides is 2. The van der Waals surface area contributed by atoms with Gasteiger partial charge in [0.05, 0.1) is 5.41 Å². The number of aliphatic carboxylic acids is 1. The summed E-state index contributed by atoms with van der Waals surface area (Å²) in [4.78, 5) is 23.1. The van der Waals surface area contributed by atoms with Crippen LogP contribution in [-0.2, 0) is 4.79 Å². The molecule has 1 aliphatic rings. The summed E-state index contributed by atoms with van der Waals surface area (Å²) in [5, 5.41) is 18.1. The summed E-state index contributed by atoms with van der Waals surface area (Å²) in [6.07, 6.45) is 2.05. The normalized spacial score (nSPS) is 15.5. The van der Waals surface area contributed by atoms with Crippen molar-refractivity contribution in [1.29, 1.82) is 0 Å². The Morgan fingerprint density at radius 3 is 2.61 bits per heavy atom. The van der Waals surface area contributed by atoms with Crippen molar-refractivity contribution in [2.75, 3.05) is 11.9 Å². The third kappa shape index (κ3) is 3.18. The van der Waals surface area contributed by atoms with Crippen LogP contribution in [0.4, 0.5) is 10.6 Å². The largest absolute Gasteiger partial charge is 0.481 e. The quantitative estimate of drug-likeness (QED) is 0.787. The van der Waals surface area contributed by atoms with E-state index in [9.17, 15) is 14.7 Å². The van der Waals surface area contributed by atoms with Gasteiger partial charge in [-0.15, -0.1) is 0 Å². The molecule has 0 spiro atoms. The fourth-order valence-electron chi connectivity index (χ4n) is 2.55. The first kappa shape index (κ1) is 15.1. The van der Waals surface area contributed by atoms with E-state index in [1.54, 1.807) is 6.07 Å². The van der Waals surface area contributed by atoms with E-state index in [0.29, 0.717) is 18.6 Å². The number of carboxylic acids is 1. The molecule has 0 radical (unpaired) electrons. The van der Waals surface area contributed by atoms with Gasteiger partial charge in [-0.1, -0.05) is 41.9 Å². The number of anilines is 1. The second-order valence-corrected chi connectivity index (χ2v) is 5.69. The van der Waals surface area contributed by atoms with Crippen LogP contribution in [0.25, 0.3) is 11.3 Å². The first-order chi connectivity index (χ1) is 11.1. The van der Waals surface area contributed by atoms with Crippen LogP contribution < -0.4 is 10.6 Å². The van der Waals surface area contributed by atoms with Gasteiger partial charge in [0.15, 0.2) is 11.6 Å². The van der Waals surface area contributed by atoms with Gasteiger partial charge in [0.2, 0.25) is 0 Å². The maximum atomic E-state index is 11.9. The highest BCUT2D eigenvalue weighted by atomic mass is 16.5. The predicted octanol–water partition coefficient (Wildman–Crippen LogP) is 2.72. The zero-order valence-corrected chi connectivity index (χ0v) is 12.4. The highest BCUT2D eigenvalue weighted by Gasteiger charge is 2.44. The summed E-state index contributed by atoms with van der Waals surface area (Å²) < 4.78 is 5.18. The number of carbonyl (C=O) groups is 2. The lowest BCUT2D eigenvalue weighted by Gasteiger charge is -2.37. The monoisotopic (exact) mass is 315 g/mol. The molecule has 0 unspecified atom stereocenters. The molecule has 23 heavy (non-hydrogen) atoms. The van der Waals surface area contributed by atoms with Crippen molar-refractivity contribution in [3.05, 3.63) is 36.4 Å². The molecule has 0 aliphatic heterocycles. The minimum absolute atomic E-state index is 0.109. The van der Waals surface area contributed by atoms with E-state index in [4.69, 9.17) is 4.52 Å². The molecule has 1 aliphatic carbocycles. The summed E-state index contributed by atoms with van der Waals surface area (Å²) in [7, 11) is 0. The van der Waals surface area contributed by atoms with Gasteiger partial charge in [-0.2, -0.15) is 0 Å². The second kappa shape index (κ2) is 6.12. The van der Waals surface area contributed by atoms with Crippen LogP contribution >= 0.6 is 0 Å². The summed E-state index contributed by atoms with van der Waals surface area (Å²) >= 11 is 0. The highest BCUT2D eigenvalue weighted by Crippen LogP contribution is 2.40. The minimum Gasteiger partial charge on any atom is -0.481 e. The molecule has 3 rings (SSSR count). The maximum Gasteiger partial charge on any atom is 0.320 e. The lowest BCUT2D eigenvalue weighted by atomic mass is 9.69. The van der Waals surface area contributed by atoms with Crippen LogP contribution in [-0.4, -0.2) is 28.8 Å². The van der Waals surface area contributed by atoms with Crippen molar-refractivity contribution in [3.8, 4) is 11.3 Å². The Kier molecular flexibility index (Phi) is 4.01. The molecule has 3 N–H and O–H groups in total. The number of carboxylic acid groups (broad SMARTS) is 1. The Bertz CT molecular complexity index is 707. The topological polar surface area (TPSA) is 104 Å². The van der Waals surface area contributed by atoms with Crippen LogP contribution in [0.2, 0.25) is 0 Å². The van der Waals surface area contributed by atoms with Gasteiger partial charge in [-0.05, 0) is 12.8 Å². The number of hydrogen-bond donors (Lipinski definition) is 3. The molecule has 7 nitrogen and oxygen atoms in total. The second-order valence-electron chi connectivity index (χ2n) is 5.69.